The molecule has 2 aromatic rings. The fraction of sp³-hybridized carbons (Fsp3) is 0.0667. The molecule has 2 heteroatoms. The number of benzene rings is 2. The van der Waals surface area contributed by atoms with Crippen LogP contribution in [0, 0.1) is 0 Å². The van der Waals surface area contributed by atoms with Crippen LogP contribution in [0.4, 0.5) is 11.4 Å². The minimum atomic E-state index is 0.177. The van der Waals surface area contributed by atoms with E-state index in [1.807, 2.05) is 54.6 Å². The van der Waals surface area contributed by atoms with E-state index in [1.54, 1.807) is 0 Å². The van der Waals surface area contributed by atoms with Crippen LogP contribution in [0.25, 0.3) is 0 Å². The molecular formula is C15H16N2. The molecule has 0 heterocycles. The number of hydrogen-bond donors (Lipinski definition) is 2. The Morgan fingerprint density at radius 1 is 0.765 bits per heavy atom. The first-order valence-electron chi connectivity index (χ1n) is 5.54. The Kier molecular flexibility index (Phi) is 3.15. The van der Waals surface area contributed by atoms with E-state index < -0.39 is 0 Å². The Bertz CT molecular complexity index is 452. The van der Waals surface area contributed by atoms with E-state index in [0.717, 1.165) is 11.4 Å². The smallest absolute Gasteiger partial charge is 0.0314 e. The molecule has 0 bridgehead atoms. The molecule has 2 nitrogen and oxygen atoms in total. The maximum Gasteiger partial charge on any atom is 0.0314 e. The molecular weight excluding hydrogens is 208 g/mol. The molecule has 17 heavy (non-hydrogen) atoms. The van der Waals surface area contributed by atoms with Gasteiger partial charge >= 0.3 is 0 Å². The summed E-state index contributed by atoms with van der Waals surface area (Å²) in [4.78, 5) is 0. The summed E-state index contributed by atoms with van der Waals surface area (Å²) in [5, 5.41) is 0. The Labute approximate surface area is 102 Å². The zero-order valence-electron chi connectivity index (χ0n) is 9.64. The van der Waals surface area contributed by atoms with Gasteiger partial charge in [0.2, 0.25) is 0 Å². The van der Waals surface area contributed by atoms with Crippen LogP contribution in [0.1, 0.15) is 17.0 Å². The van der Waals surface area contributed by atoms with Crippen molar-refractivity contribution >= 4 is 11.4 Å². The van der Waals surface area contributed by atoms with Gasteiger partial charge < -0.3 is 11.5 Å². The van der Waals surface area contributed by atoms with Crippen LogP contribution in [0.3, 0.4) is 0 Å². The molecule has 2 rings (SSSR count). The second-order valence-electron chi connectivity index (χ2n) is 4.05. The van der Waals surface area contributed by atoms with Crippen molar-refractivity contribution < 1.29 is 0 Å². The van der Waals surface area contributed by atoms with Crippen molar-refractivity contribution in [2.24, 2.45) is 0 Å². The minimum absolute atomic E-state index is 0.177. The molecule has 0 aliphatic heterocycles. The molecule has 0 aliphatic rings. The molecule has 0 spiro atoms. The largest absolute Gasteiger partial charge is 0.399 e. The molecule has 0 aliphatic carbocycles. The van der Waals surface area contributed by atoms with Gasteiger partial charge in [0.15, 0.2) is 0 Å². The first kappa shape index (κ1) is 11.3. The zero-order chi connectivity index (χ0) is 12.3. The summed E-state index contributed by atoms with van der Waals surface area (Å²) >= 11 is 0. The van der Waals surface area contributed by atoms with Gasteiger partial charge in [-0.05, 0) is 35.4 Å². The van der Waals surface area contributed by atoms with E-state index >= 15 is 0 Å². The van der Waals surface area contributed by atoms with E-state index in [9.17, 15) is 0 Å². The van der Waals surface area contributed by atoms with Gasteiger partial charge in [0.1, 0.15) is 0 Å². The standard InChI is InChI=1S/C15H16N2/c1-2-15(11-3-7-13(16)8-4-11)12-5-9-14(17)10-6-12/h2-10,15H,1,16-17H2. The molecule has 0 saturated carbocycles. The maximum atomic E-state index is 5.68. The molecule has 0 amide bonds. The van der Waals surface area contributed by atoms with Gasteiger partial charge in [0.05, 0.1) is 0 Å². The van der Waals surface area contributed by atoms with Crippen molar-refractivity contribution in [3.05, 3.63) is 72.3 Å². The van der Waals surface area contributed by atoms with E-state index in [4.69, 9.17) is 11.5 Å². The summed E-state index contributed by atoms with van der Waals surface area (Å²) in [6.07, 6.45) is 1.93. The van der Waals surface area contributed by atoms with Gasteiger partial charge in [-0.25, -0.2) is 0 Å². The average molecular weight is 224 g/mol. The highest BCUT2D eigenvalue weighted by Gasteiger charge is 2.09. The third-order valence-electron chi connectivity index (χ3n) is 2.83. The van der Waals surface area contributed by atoms with E-state index in [0.29, 0.717) is 0 Å². The van der Waals surface area contributed by atoms with Crippen molar-refractivity contribution in [3.8, 4) is 0 Å². The van der Waals surface area contributed by atoms with E-state index in [1.165, 1.54) is 11.1 Å². The van der Waals surface area contributed by atoms with Crippen molar-refractivity contribution in [2.75, 3.05) is 11.5 Å². The summed E-state index contributed by atoms with van der Waals surface area (Å²) < 4.78 is 0. The fourth-order valence-electron chi connectivity index (χ4n) is 1.87. The molecule has 0 radical (unpaired) electrons. The topological polar surface area (TPSA) is 52.0 Å². The maximum absolute atomic E-state index is 5.68. The normalized spacial score (nSPS) is 10.4. The molecule has 0 saturated heterocycles. The summed E-state index contributed by atoms with van der Waals surface area (Å²) in [6, 6.07) is 15.7. The number of nitrogen functional groups attached to an aromatic ring is 2. The van der Waals surface area contributed by atoms with Crippen LogP contribution in [0.2, 0.25) is 0 Å². The van der Waals surface area contributed by atoms with Crippen molar-refractivity contribution in [1.29, 1.82) is 0 Å². The second kappa shape index (κ2) is 4.74. The van der Waals surface area contributed by atoms with Crippen LogP contribution in [-0.4, -0.2) is 0 Å². The lowest BCUT2D eigenvalue weighted by Crippen LogP contribution is -1.98. The molecule has 0 unspecified atom stereocenters. The van der Waals surface area contributed by atoms with Crippen LogP contribution < -0.4 is 11.5 Å². The number of allylic oxidation sites excluding steroid dienone is 1. The summed E-state index contributed by atoms with van der Waals surface area (Å²) in [7, 11) is 0. The van der Waals surface area contributed by atoms with Gasteiger partial charge in [0.25, 0.3) is 0 Å². The molecule has 4 N–H and O–H groups in total. The molecule has 0 atom stereocenters. The monoisotopic (exact) mass is 224 g/mol. The third kappa shape index (κ3) is 2.48. The second-order valence-corrected chi connectivity index (χ2v) is 4.05. The van der Waals surface area contributed by atoms with Crippen LogP contribution in [-0.2, 0) is 0 Å². The summed E-state index contributed by atoms with van der Waals surface area (Å²) in [5.41, 5.74) is 15.3. The van der Waals surface area contributed by atoms with Crippen molar-refractivity contribution in [2.45, 2.75) is 5.92 Å². The van der Waals surface area contributed by atoms with Gasteiger partial charge in [-0.15, -0.1) is 6.58 Å². The lowest BCUT2D eigenvalue weighted by molar-refractivity contribution is 1.03. The lowest BCUT2D eigenvalue weighted by Gasteiger charge is -2.14. The van der Waals surface area contributed by atoms with Gasteiger partial charge in [-0.3, -0.25) is 0 Å². The first-order valence-corrected chi connectivity index (χ1v) is 5.54. The van der Waals surface area contributed by atoms with Crippen LogP contribution in [0.15, 0.2) is 61.2 Å². The van der Waals surface area contributed by atoms with Crippen LogP contribution in [0.5, 0.6) is 0 Å². The predicted octanol–water partition coefficient (Wildman–Crippen LogP) is 3.17. The minimum Gasteiger partial charge on any atom is -0.399 e. The Morgan fingerprint density at radius 3 is 1.41 bits per heavy atom. The summed E-state index contributed by atoms with van der Waals surface area (Å²) in [6.45, 7) is 3.90. The Balaban J connectivity index is 2.36. The van der Waals surface area contributed by atoms with Crippen LogP contribution >= 0.6 is 0 Å². The number of anilines is 2. The number of nitrogens with two attached hydrogens (primary N) is 2. The van der Waals surface area contributed by atoms with E-state index in [2.05, 4.69) is 6.58 Å². The highest BCUT2D eigenvalue weighted by atomic mass is 14.5. The fourth-order valence-corrected chi connectivity index (χ4v) is 1.87. The highest BCUT2D eigenvalue weighted by molar-refractivity contribution is 5.47. The lowest BCUT2D eigenvalue weighted by atomic mass is 9.91. The van der Waals surface area contributed by atoms with Gasteiger partial charge in [0, 0.05) is 17.3 Å². The van der Waals surface area contributed by atoms with Crippen molar-refractivity contribution in [1.82, 2.24) is 0 Å². The quantitative estimate of drug-likeness (QED) is 0.621. The SMILES string of the molecule is C=CC(c1ccc(N)cc1)c1ccc(N)cc1. The predicted molar refractivity (Wildman–Crippen MR) is 73.7 cm³/mol. The highest BCUT2D eigenvalue weighted by Crippen LogP contribution is 2.26. The summed E-state index contributed by atoms with van der Waals surface area (Å²) in [5.74, 6) is 0.177. The number of hydrogen-bond acceptors (Lipinski definition) is 2. The first-order chi connectivity index (χ1) is 8.20. The number of rotatable bonds is 3. The molecule has 0 aromatic heterocycles. The molecule has 0 fully saturated rings. The van der Waals surface area contributed by atoms with Gasteiger partial charge in [-0.2, -0.15) is 0 Å². The Morgan fingerprint density at radius 2 is 1.12 bits per heavy atom. The van der Waals surface area contributed by atoms with Crippen molar-refractivity contribution in [3.63, 3.8) is 0 Å². The van der Waals surface area contributed by atoms with E-state index in [-0.39, 0.29) is 5.92 Å². The Hall–Kier alpha value is -2.22. The average Bonchev–Trinajstić information content (AvgIpc) is 2.35. The third-order valence-corrected chi connectivity index (χ3v) is 2.83. The molecule has 86 valence electrons. The van der Waals surface area contributed by atoms with Gasteiger partial charge in [-0.1, -0.05) is 30.3 Å². The zero-order valence-corrected chi connectivity index (χ0v) is 9.64. The molecule has 2 aromatic carbocycles.